The van der Waals surface area contributed by atoms with E-state index in [-0.39, 0.29) is 12.2 Å². The maximum atomic E-state index is 12.3. The Hall–Kier alpha value is -2.22. The largest absolute Gasteiger partial charge is 0.393 e. The number of nitrogens with zero attached hydrogens (tertiary/aromatic N) is 6. The lowest BCUT2D eigenvalue weighted by atomic mass is 10.0. The van der Waals surface area contributed by atoms with Gasteiger partial charge in [-0.05, 0) is 6.42 Å². The fourth-order valence-corrected chi connectivity index (χ4v) is 2.62. The molecule has 0 aromatic carbocycles. The Bertz CT molecular complexity index is 613. The highest BCUT2D eigenvalue weighted by Crippen LogP contribution is 2.28. The van der Waals surface area contributed by atoms with Crippen LogP contribution in [0.15, 0.2) is 18.7 Å². The average molecular weight is 290 g/mol. The van der Waals surface area contributed by atoms with Crippen molar-refractivity contribution in [3.05, 3.63) is 18.7 Å². The van der Waals surface area contributed by atoms with Gasteiger partial charge >= 0.3 is 6.03 Å². The molecule has 1 saturated heterocycles. The van der Waals surface area contributed by atoms with Crippen molar-refractivity contribution in [1.29, 1.82) is 0 Å². The first-order chi connectivity index (χ1) is 10.1. The van der Waals surface area contributed by atoms with Gasteiger partial charge in [0.05, 0.1) is 24.2 Å². The molecule has 2 atom stereocenters. The first-order valence-corrected chi connectivity index (χ1v) is 6.87. The highest BCUT2D eigenvalue weighted by molar-refractivity contribution is 5.74. The number of hydrogen-bond acceptors (Lipinski definition) is 5. The van der Waals surface area contributed by atoms with E-state index < -0.39 is 6.10 Å². The molecule has 3 aliphatic heterocycles. The number of urea groups is 1. The molecule has 0 aliphatic carbocycles. The first kappa shape index (κ1) is 13.7. The van der Waals surface area contributed by atoms with E-state index in [2.05, 4.69) is 15.2 Å². The minimum atomic E-state index is -0.416. The van der Waals surface area contributed by atoms with Gasteiger partial charge in [-0.1, -0.05) is 0 Å². The summed E-state index contributed by atoms with van der Waals surface area (Å²) in [5.74, 6) is 0.577. The molecule has 112 valence electrons. The Morgan fingerprint density at radius 3 is 3.05 bits per heavy atom. The van der Waals surface area contributed by atoms with Crippen molar-refractivity contribution in [3.63, 3.8) is 0 Å². The highest BCUT2D eigenvalue weighted by Gasteiger charge is 2.32. The summed E-state index contributed by atoms with van der Waals surface area (Å²) in [5.41, 5.74) is 0.815. The van der Waals surface area contributed by atoms with Gasteiger partial charge in [0.25, 0.3) is 0 Å². The number of aliphatic hydroxyl groups excluding tert-OH is 1. The minimum Gasteiger partial charge on any atom is -0.393 e. The zero-order valence-electron chi connectivity index (χ0n) is 12.0. The first-order valence-electron chi connectivity index (χ1n) is 6.87. The topological polar surface area (TPSA) is 87.4 Å². The number of fused-ring (bicyclic) bond motifs is 1. The molecule has 3 aliphatic rings. The molecular formula is C13H18N6O2. The van der Waals surface area contributed by atoms with E-state index in [4.69, 9.17) is 0 Å². The van der Waals surface area contributed by atoms with Gasteiger partial charge in [0, 0.05) is 33.3 Å². The van der Waals surface area contributed by atoms with Crippen LogP contribution in [0, 0.1) is 0 Å². The monoisotopic (exact) mass is 290 g/mol. The third kappa shape index (κ3) is 2.54. The van der Waals surface area contributed by atoms with Gasteiger partial charge in [0.15, 0.2) is 5.82 Å². The van der Waals surface area contributed by atoms with E-state index in [0.717, 1.165) is 5.56 Å². The molecule has 1 fully saturated rings. The number of likely N-dealkylation sites (tertiary alicyclic amines) is 1. The van der Waals surface area contributed by atoms with Gasteiger partial charge in [-0.3, -0.25) is 0 Å². The zero-order valence-corrected chi connectivity index (χ0v) is 12.0. The van der Waals surface area contributed by atoms with Gasteiger partial charge in [-0.2, -0.15) is 5.10 Å². The fraction of sp³-hybridized carbons (Fsp3) is 0.538. The quantitative estimate of drug-likeness (QED) is 0.822. The lowest BCUT2D eigenvalue weighted by Crippen LogP contribution is -2.48. The number of aromatic nitrogens is 4. The maximum absolute atomic E-state index is 12.3. The number of aliphatic hydroxyl groups is 1. The second-order valence-corrected chi connectivity index (χ2v) is 5.47. The standard InChI is InChI=1S/C13H18N6O2/c1-17(2)13(21)19-4-3-10(20)5-11(19)18-7-9-6-15-16-12(9)14-8-18/h6-8,10-11,20H,3-5H2,1-2H3. The molecule has 0 aromatic rings. The molecule has 3 heterocycles. The summed E-state index contributed by atoms with van der Waals surface area (Å²) in [6, 6.07) is -0.0711. The second-order valence-electron chi connectivity index (χ2n) is 5.47. The SMILES string of the molecule is CN(C)C(=O)N1CCC(O)CC1n1cnc2nncc-2c1. The highest BCUT2D eigenvalue weighted by atomic mass is 16.3. The van der Waals surface area contributed by atoms with E-state index in [1.807, 2.05) is 10.8 Å². The van der Waals surface area contributed by atoms with E-state index >= 15 is 0 Å². The average Bonchev–Trinajstić information content (AvgIpc) is 2.93. The van der Waals surface area contributed by atoms with Crippen LogP contribution < -0.4 is 0 Å². The summed E-state index contributed by atoms with van der Waals surface area (Å²) in [5, 5.41) is 17.7. The molecule has 0 radical (unpaired) electrons. The number of piperidine rings is 1. The number of amides is 2. The van der Waals surface area contributed by atoms with Crippen LogP contribution in [-0.4, -0.2) is 67.4 Å². The van der Waals surface area contributed by atoms with Crippen LogP contribution in [0.4, 0.5) is 4.79 Å². The smallest absolute Gasteiger partial charge is 0.321 e. The van der Waals surface area contributed by atoms with E-state index in [1.54, 1.807) is 36.4 Å². The summed E-state index contributed by atoms with van der Waals surface area (Å²) >= 11 is 0. The van der Waals surface area contributed by atoms with Gasteiger partial charge in [-0.15, -0.1) is 5.10 Å². The van der Waals surface area contributed by atoms with Gasteiger partial charge in [0.1, 0.15) is 6.17 Å². The van der Waals surface area contributed by atoms with Gasteiger partial charge in [0.2, 0.25) is 0 Å². The Morgan fingerprint density at radius 2 is 2.29 bits per heavy atom. The third-order valence-electron chi connectivity index (χ3n) is 3.73. The molecule has 0 bridgehead atoms. The van der Waals surface area contributed by atoms with Gasteiger partial charge in [-0.25, -0.2) is 9.78 Å². The molecular weight excluding hydrogens is 272 g/mol. The fourth-order valence-electron chi connectivity index (χ4n) is 2.62. The lowest BCUT2D eigenvalue weighted by Gasteiger charge is -2.40. The predicted molar refractivity (Wildman–Crippen MR) is 74.5 cm³/mol. The molecule has 8 heteroatoms. The van der Waals surface area contributed by atoms with Crippen molar-refractivity contribution in [1.82, 2.24) is 29.5 Å². The van der Waals surface area contributed by atoms with Crippen molar-refractivity contribution >= 4 is 6.03 Å². The summed E-state index contributed by atoms with van der Waals surface area (Å²) in [6.45, 7) is 0.519. The number of rotatable bonds is 1. The normalized spacial score (nSPS) is 22.5. The minimum absolute atomic E-state index is 0.0711. The number of carbonyl (C=O) groups excluding carboxylic acids is 1. The Balaban J connectivity index is 1.95. The molecule has 2 unspecified atom stereocenters. The van der Waals surface area contributed by atoms with E-state index in [0.29, 0.717) is 25.2 Å². The van der Waals surface area contributed by atoms with Crippen LogP contribution >= 0.6 is 0 Å². The summed E-state index contributed by atoms with van der Waals surface area (Å²) < 4.78 is 1.84. The molecule has 2 amide bonds. The number of hydrogen-bond donors (Lipinski definition) is 1. The molecule has 21 heavy (non-hydrogen) atoms. The Labute approximate surface area is 122 Å². The Kier molecular flexibility index (Phi) is 3.46. The summed E-state index contributed by atoms with van der Waals surface area (Å²) in [4.78, 5) is 19.8. The second kappa shape index (κ2) is 5.28. The summed E-state index contributed by atoms with van der Waals surface area (Å²) in [6.07, 6.45) is 5.54. The van der Waals surface area contributed by atoms with Crippen LogP contribution in [0.25, 0.3) is 11.4 Å². The molecule has 0 saturated carbocycles. The van der Waals surface area contributed by atoms with Crippen molar-refractivity contribution in [2.45, 2.75) is 25.1 Å². The molecule has 3 rings (SSSR count). The van der Waals surface area contributed by atoms with Gasteiger partial charge < -0.3 is 19.5 Å². The van der Waals surface area contributed by atoms with Crippen LogP contribution in [0.2, 0.25) is 0 Å². The summed E-state index contributed by atoms with van der Waals surface area (Å²) in [7, 11) is 3.45. The predicted octanol–water partition coefficient (Wildman–Crippen LogP) is 0.415. The van der Waals surface area contributed by atoms with Crippen molar-refractivity contribution in [2.75, 3.05) is 20.6 Å². The van der Waals surface area contributed by atoms with Crippen LogP contribution in [0.5, 0.6) is 0 Å². The van der Waals surface area contributed by atoms with Crippen molar-refractivity contribution in [3.8, 4) is 11.4 Å². The molecule has 0 spiro atoms. The third-order valence-corrected chi connectivity index (χ3v) is 3.73. The van der Waals surface area contributed by atoms with E-state index in [1.165, 1.54) is 0 Å². The van der Waals surface area contributed by atoms with Crippen LogP contribution in [0.3, 0.4) is 0 Å². The zero-order chi connectivity index (χ0) is 15.0. The number of carbonyl (C=O) groups is 1. The van der Waals surface area contributed by atoms with Crippen molar-refractivity contribution < 1.29 is 9.90 Å². The molecule has 8 nitrogen and oxygen atoms in total. The maximum Gasteiger partial charge on any atom is 0.321 e. The molecule has 1 N–H and O–H groups in total. The Morgan fingerprint density at radius 1 is 1.48 bits per heavy atom. The van der Waals surface area contributed by atoms with Crippen LogP contribution in [-0.2, 0) is 0 Å². The van der Waals surface area contributed by atoms with E-state index in [9.17, 15) is 9.90 Å². The molecule has 0 aromatic heterocycles. The van der Waals surface area contributed by atoms with Crippen LogP contribution in [0.1, 0.15) is 19.0 Å². The lowest BCUT2D eigenvalue weighted by molar-refractivity contribution is 0.0246. The van der Waals surface area contributed by atoms with Crippen molar-refractivity contribution in [2.24, 2.45) is 0 Å².